The molecule has 0 heterocycles. The summed E-state index contributed by atoms with van der Waals surface area (Å²) in [5, 5.41) is -1.14. The highest BCUT2D eigenvalue weighted by Gasteiger charge is 2.38. The number of halogens is 5. The number of unbranched alkanes of at least 4 members (excludes halogenated alkanes) is 1. The van der Waals surface area contributed by atoms with Gasteiger partial charge < -0.3 is 0 Å². The molecule has 0 saturated carbocycles. The Kier molecular flexibility index (Phi) is 6.23. The molecule has 1 radical (unpaired) electrons. The lowest BCUT2D eigenvalue weighted by Crippen LogP contribution is -2.35. The fraction of sp³-hybridized carbons (Fsp3) is 0.600. The average Bonchev–Trinajstić information content (AvgIpc) is 2.49. The number of hydrogen-bond acceptors (Lipinski definition) is 0. The van der Waals surface area contributed by atoms with Gasteiger partial charge in [0.15, 0.2) is 23.3 Å². The third-order valence-corrected chi connectivity index (χ3v) is 4.06. The zero-order chi connectivity index (χ0) is 16.2. The molecule has 0 saturated heterocycles. The van der Waals surface area contributed by atoms with Crippen LogP contribution in [0.4, 0.5) is 22.0 Å². The van der Waals surface area contributed by atoms with Crippen molar-refractivity contribution in [3.05, 3.63) is 34.6 Å². The molecule has 21 heavy (non-hydrogen) atoms. The van der Waals surface area contributed by atoms with Gasteiger partial charge in [0.1, 0.15) is 7.28 Å². The van der Waals surface area contributed by atoms with Crippen LogP contribution in [0.25, 0.3) is 0 Å². The van der Waals surface area contributed by atoms with Crippen molar-refractivity contribution in [1.29, 1.82) is 0 Å². The van der Waals surface area contributed by atoms with Crippen LogP contribution < -0.4 is 0 Å². The molecule has 0 unspecified atom stereocenters. The van der Waals surface area contributed by atoms with Crippen molar-refractivity contribution in [2.45, 2.75) is 58.1 Å². The van der Waals surface area contributed by atoms with Gasteiger partial charge >= 0.3 is 0 Å². The highest BCUT2D eigenvalue weighted by molar-refractivity contribution is 6.40. The second-order valence-electron chi connectivity index (χ2n) is 5.15. The Morgan fingerprint density at radius 3 is 1.57 bits per heavy atom. The summed E-state index contributed by atoms with van der Waals surface area (Å²) in [6.07, 6.45) is 2.79. The second kappa shape index (κ2) is 7.27. The Morgan fingerprint density at radius 2 is 1.19 bits per heavy atom. The van der Waals surface area contributed by atoms with E-state index in [1.54, 1.807) is 21.1 Å². The monoisotopic (exact) mass is 305 g/mol. The molecule has 0 nitrogen and oxygen atoms in total. The third-order valence-electron chi connectivity index (χ3n) is 4.06. The van der Waals surface area contributed by atoms with Crippen molar-refractivity contribution in [3.8, 4) is 0 Å². The van der Waals surface area contributed by atoms with Crippen LogP contribution in [0.3, 0.4) is 0 Å². The van der Waals surface area contributed by atoms with Gasteiger partial charge in [-0.1, -0.05) is 52.8 Å². The first-order chi connectivity index (χ1) is 9.86. The predicted molar refractivity (Wildman–Crippen MR) is 74.0 cm³/mol. The Balaban J connectivity index is 3.45. The fourth-order valence-electron chi connectivity index (χ4n) is 2.62. The molecule has 1 rings (SSSR count). The maximum Gasteiger partial charge on any atom is 0.200 e. The normalized spacial score (nSPS) is 11.8. The van der Waals surface area contributed by atoms with E-state index in [-0.39, 0.29) is 12.8 Å². The summed E-state index contributed by atoms with van der Waals surface area (Å²) in [7, 11) is 1.69. The molecule has 0 aliphatic carbocycles. The predicted octanol–water partition coefficient (Wildman–Crippen LogP) is 5.32. The highest BCUT2D eigenvalue weighted by Crippen LogP contribution is 2.38. The van der Waals surface area contributed by atoms with E-state index in [2.05, 4.69) is 0 Å². The largest absolute Gasteiger partial charge is 0.203 e. The van der Waals surface area contributed by atoms with Crippen molar-refractivity contribution in [2.24, 2.45) is 0 Å². The van der Waals surface area contributed by atoms with Gasteiger partial charge in [-0.2, -0.15) is 0 Å². The summed E-state index contributed by atoms with van der Waals surface area (Å²) < 4.78 is 68.1. The van der Waals surface area contributed by atoms with Crippen molar-refractivity contribution in [3.63, 3.8) is 0 Å². The van der Waals surface area contributed by atoms with E-state index in [4.69, 9.17) is 0 Å². The van der Waals surface area contributed by atoms with E-state index < -0.39 is 40.0 Å². The SMILES string of the molecule is CCCC[B]C(CC)(CC)c1c(F)c(F)c(F)c(F)c1F. The molecule has 0 aliphatic heterocycles. The van der Waals surface area contributed by atoms with Crippen LogP contribution in [0.1, 0.15) is 52.0 Å². The Labute approximate surface area is 123 Å². The van der Waals surface area contributed by atoms with Gasteiger partial charge in [-0.15, -0.1) is 0 Å². The first-order valence-corrected chi connectivity index (χ1v) is 7.22. The molecular weight excluding hydrogens is 286 g/mol. The lowest BCUT2D eigenvalue weighted by molar-refractivity contribution is 0.353. The maximum atomic E-state index is 14.0. The van der Waals surface area contributed by atoms with Gasteiger partial charge in [0.05, 0.1) is 0 Å². The van der Waals surface area contributed by atoms with Crippen molar-refractivity contribution in [1.82, 2.24) is 0 Å². The number of benzene rings is 1. The molecule has 0 atom stereocenters. The molecule has 0 N–H and O–H groups in total. The molecule has 0 aliphatic rings. The minimum Gasteiger partial charge on any atom is -0.203 e. The lowest BCUT2D eigenvalue weighted by atomic mass is 9.45. The highest BCUT2D eigenvalue weighted by atomic mass is 19.2. The zero-order valence-electron chi connectivity index (χ0n) is 12.5. The molecule has 0 aromatic heterocycles. The average molecular weight is 305 g/mol. The van der Waals surface area contributed by atoms with Crippen LogP contribution in [0.15, 0.2) is 0 Å². The van der Waals surface area contributed by atoms with Crippen molar-refractivity contribution < 1.29 is 22.0 Å². The van der Waals surface area contributed by atoms with Gasteiger partial charge in [-0.05, 0) is 5.31 Å². The summed E-state index contributed by atoms with van der Waals surface area (Å²) in [6.45, 7) is 5.33. The molecule has 117 valence electrons. The van der Waals surface area contributed by atoms with E-state index >= 15 is 0 Å². The van der Waals surface area contributed by atoms with Gasteiger partial charge in [0, 0.05) is 5.56 Å². The lowest BCUT2D eigenvalue weighted by Gasteiger charge is -2.33. The van der Waals surface area contributed by atoms with Crippen LogP contribution in [0.5, 0.6) is 0 Å². The minimum atomic E-state index is -2.11. The van der Waals surface area contributed by atoms with Gasteiger partial charge in [-0.3, -0.25) is 0 Å². The van der Waals surface area contributed by atoms with Crippen molar-refractivity contribution in [2.75, 3.05) is 0 Å². The van der Waals surface area contributed by atoms with Gasteiger partial charge in [0.2, 0.25) is 5.82 Å². The van der Waals surface area contributed by atoms with Crippen LogP contribution in [-0.4, -0.2) is 7.28 Å². The molecule has 0 spiro atoms. The molecular formula is C15H19BF5. The van der Waals surface area contributed by atoms with Crippen LogP contribution >= 0.6 is 0 Å². The summed E-state index contributed by atoms with van der Waals surface area (Å²) in [5.41, 5.74) is -0.708. The molecule has 6 heteroatoms. The summed E-state index contributed by atoms with van der Waals surface area (Å²) in [5.74, 6) is -9.30. The molecule has 1 aromatic rings. The molecule has 0 bridgehead atoms. The maximum absolute atomic E-state index is 14.0. The first kappa shape index (κ1) is 18.0. The van der Waals surface area contributed by atoms with E-state index in [1.807, 2.05) is 6.92 Å². The van der Waals surface area contributed by atoms with Gasteiger partial charge in [0.25, 0.3) is 0 Å². The van der Waals surface area contributed by atoms with E-state index in [0.29, 0.717) is 6.32 Å². The van der Waals surface area contributed by atoms with Crippen LogP contribution in [-0.2, 0) is 5.31 Å². The smallest absolute Gasteiger partial charge is 0.200 e. The Bertz CT molecular complexity index is 468. The number of rotatable bonds is 7. The summed E-state index contributed by atoms with van der Waals surface area (Å²) in [4.78, 5) is 0. The molecule has 0 fully saturated rings. The summed E-state index contributed by atoms with van der Waals surface area (Å²) in [6, 6.07) is 0. The topological polar surface area (TPSA) is 0 Å². The Morgan fingerprint density at radius 1 is 0.762 bits per heavy atom. The first-order valence-electron chi connectivity index (χ1n) is 7.22. The standard InChI is InChI=1S/C15H19BF5/c1-4-7-8-16-15(5-2,6-3)9-10(17)12(19)14(21)13(20)11(9)18/h4-8H2,1-3H3. The second-order valence-corrected chi connectivity index (χ2v) is 5.15. The van der Waals surface area contributed by atoms with Crippen LogP contribution in [0.2, 0.25) is 6.32 Å². The molecule has 0 amide bonds. The number of hydrogen-bond donors (Lipinski definition) is 0. The third kappa shape index (κ3) is 3.24. The quantitative estimate of drug-likeness (QED) is 0.210. The minimum absolute atomic E-state index is 0.269. The van der Waals surface area contributed by atoms with Crippen molar-refractivity contribution >= 4 is 7.28 Å². The van der Waals surface area contributed by atoms with E-state index in [1.165, 1.54) is 0 Å². The Hall–Kier alpha value is -1.07. The van der Waals surface area contributed by atoms with Crippen LogP contribution in [0, 0.1) is 29.1 Å². The zero-order valence-corrected chi connectivity index (χ0v) is 12.5. The van der Waals surface area contributed by atoms with E-state index in [0.717, 1.165) is 12.8 Å². The summed E-state index contributed by atoms with van der Waals surface area (Å²) >= 11 is 0. The van der Waals surface area contributed by atoms with Gasteiger partial charge in [-0.25, -0.2) is 22.0 Å². The van der Waals surface area contributed by atoms with E-state index in [9.17, 15) is 22.0 Å². The molecule has 1 aromatic carbocycles. The fourth-order valence-corrected chi connectivity index (χ4v) is 2.62.